The maximum atomic E-state index is 13.6. The molecule has 0 radical (unpaired) electrons. The van der Waals surface area contributed by atoms with Crippen LogP contribution in [-0.2, 0) is 11.3 Å². The number of benzene rings is 1. The highest BCUT2D eigenvalue weighted by Crippen LogP contribution is 2.35. The first-order valence-electron chi connectivity index (χ1n) is 9.03. The molecule has 3 aromatic rings. The van der Waals surface area contributed by atoms with Crippen LogP contribution in [-0.4, -0.2) is 39.2 Å². The zero-order valence-electron chi connectivity index (χ0n) is 16.3. The van der Waals surface area contributed by atoms with Crippen LogP contribution in [0.25, 0.3) is 0 Å². The zero-order valence-corrected chi connectivity index (χ0v) is 16.3. The Kier molecular flexibility index (Phi) is 4.72. The van der Waals surface area contributed by atoms with Gasteiger partial charge < -0.3 is 19.8 Å². The van der Waals surface area contributed by atoms with E-state index in [1.165, 1.54) is 11.1 Å². The standard InChI is InChI=1S/C19H18F2N6O3/c1-9-4-12(30-25-9)8-27-15-7-22-19(24-17(15)26(3)10(2)18(27)29)23-11-5-13(20)16(28)14(21)6-11/h4-7,10,28H,8H2,1-3H3,(H,22,23,24). The van der Waals surface area contributed by atoms with Crippen molar-refractivity contribution >= 4 is 29.0 Å². The zero-order chi connectivity index (χ0) is 21.6. The van der Waals surface area contributed by atoms with Gasteiger partial charge in [-0.2, -0.15) is 4.98 Å². The molecule has 0 saturated carbocycles. The van der Waals surface area contributed by atoms with Crippen molar-refractivity contribution < 1.29 is 23.2 Å². The summed E-state index contributed by atoms with van der Waals surface area (Å²) in [6, 6.07) is 3.08. The highest BCUT2D eigenvalue weighted by Gasteiger charge is 2.36. The minimum Gasteiger partial charge on any atom is -0.503 e. The van der Waals surface area contributed by atoms with Gasteiger partial charge in [-0.1, -0.05) is 5.16 Å². The molecule has 3 heterocycles. The number of aromatic hydroxyl groups is 1. The highest BCUT2D eigenvalue weighted by atomic mass is 19.1. The van der Waals surface area contributed by atoms with E-state index in [9.17, 15) is 18.7 Å². The molecule has 1 amide bonds. The van der Waals surface area contributed by atoms with Crippen molar-refractivity contribution in [2.24, 2.45) is 0 Å². The van der Waals surface area contributed by atoms with Crippen LogP contribution in [0.1, 0.15) is 18.4 Å². The maximum Gasteiger partial charge on any atom is 0.250 e. The molecule has 156 valence electrons. The van der Waals surface area contributed by atoms with Crippen LogP contribution in [0.5, 0.6) is 5.75 Å². The minimum atomic E-state index is -1.11. The Balaban J connectivity index is 1.68. The number of carbonyl (C=O) groups excluding carboxylic acids is 1. The van der Waals surface area contributed by atoms with Crippen LogP contribution < -0.4 is 15.1 Å². The molecule has 9 nitrogen and oxygen atoms in total. The number of carbonyl (C=O) groups is 1. The molecule has 1 aliphatic heterocycles. The summed E-state index contributed by atoms with van der Waals surface area (Å²) in [4.78, 5) is 24.6. The van der Waals surface area contributed by atoms with Gasteiger partial charge >= 0.3 is 0 Å². The summed E-state index contributed by atoms with van der Waals surface area (Å²) in [5.74, 6) is -2.40. The van der Waals surface area contributed by atoms with Gasteiger partial charge in [0.1, 0.15) is 11.7 Å². The summed E-state index contributed by atoms with van der Waals surface area (Å²) in [5.41, 5.74) is 1.19. The Labute approximate surface area is 169 Å². The van der Waals surface area contributed by atoms with Gasteiger partial charge in [0, 0.05) is 30.9 Å². The summed E-state index contributed by atoms with van der Waals surface area (Å²) in [6.07, 6.45) is 1.45. The molecule has 0 spiro atoms. The molecular weight excluding hydrogens is 398 g/mol. The van der Waals surface area contributed by atoms with Gasteiger partial charge in [0.25, 0.3) is 0 Å². The number of nitrogens with zero attached hydrogens (tertiary/aromatic N) is 5. The average Bonchev–Trinajstić information content (AvgIpc) is 3.12. The van der Waals surface area contributed by atoms with Crippen LogP contribution in [0.4, 0.5) is 31.9 Å². The second kappa shape index (κ2) is 7.25. The number of nitrogens with one attached hydrogen (secondary N) is 1. The number of hydrogen-bond acceptors (Lipinski definition) is 8. The van der Waals surface area contributed by atoms with E-state index >= 15 is 0 Å². The highest BCUT2D eigenvalue weighted by molar-refractivity contribution is 6.04. The fourth-order valence-electron chi connectivity index (χ4n) is 3.15. The Morgan fingerprint density at radius 1 is 1.27 bits per heavy atom. The predicted octanol–water partition coefficient (Wildman–Crippen LogP) is 2.87. The van der Waals surface area contributed by atoms with E-state index in [4.69, 9.17) is 4.52 Å². The fraction of sp³-hybridized carbons (Fsp3) is 0.263. The van der Waals surface area contributed by atoms with Gasteiger partial charge in [-0.3, -0.25) is 9.69 Å². The van der Waals surface area contributed by atoms with Gasteiger partial charge in [-0.05, 0) is 13.8 Å². The molecule has 1 unspecified atom stereocenters. The number of phenolic OH excluding ortho intramolecular Hbond substituents is 1. The van der Waals surface area contributed by atoms with E-state index < -0.39 is 23.4 Å². The number of hydrogen-bond donors (Lipinski definition) is 2. The van der Waals surface area contributed by atoms with E-state index in [2.05, 4.69) is 20.4 Å². The van der Waals surface area contributed by atoms with Gasteiger partial charge in [0.15, 0.2) is 29.0 Å². The fourth-order valence-corrected chi connectivity index (χ4v) is 3.15. The van der Waals surface area contributed by atoms with Crippen LogP contribution in [0.2, 0.25) is 0 Å². The smallest absolute Gasteiger partial charge is 0.250 e. The van der Waals surface area contributed by atoms with E-state index in [0.717, 1.165) is 12.1 Å². The monoisotopic (exact) mass is 416 g/mol. The van der Waals surface area contributed by atoms with Gasteiger partial charge in [-0.15, -0.1) is 0 Å². The van der Waals surface area contributed by atoms with Gasteiger partial charge in [0.05, 0.1) is 18.4 Å². The molecule has 1 atom stereocenters. The number of likely N-dealkylation sites (N-methyl/N-ethyl adjacent to an activating group) is 1. The molecule has 30 heavy (non-hydrogen) atoms. The van der Waals surface area contributed by atoms with Crippen molar-refractivity contribution in [3.63, 3.8) is 0 Å². The van der Waals surface area contributed by atoms with E-state index in [0.29, 0.717) is 23.0 Å². The minimum absolute atomic E-state index is 0.0272. The molecule has 11 heteroatoms. The van der Waals surface area contributed by atoms with Crippen molar-refractivity contribution in [3.05, 3.63) is 47.5 Å². The van der Waals surface area contributed by atoms with Crippen molar-refractivity contribution in [3.8, 4) is 5.75 Å². The molecule has 2 N–H and O–H groups in total. The van der Waals surface area contributed by atoms with Crippen molar-refractivity contribution in [2.75, 3.05) is 22.2 Å². The molecule has 0 fully saturated rings. The SMILES string of the molecule is Cc1cc(CN2C(=O)C(C)N(C)c3nc(Nc4cc(F)c(O)c(F)c4)ncc32)on1. The molecule has 0 bridgehead atoms. The number of aryl methyl sites for hydroxylation is 1. The summed E-state index contributed by atoms with van der Waals surface area (Å²) in [7, 11) is 1.72. The third kappa shape index (κ3) is 3.38. The number of amides is 1. The van der Waals surface area contributed by atoms with Crippen molar-refractivity contribution in [2.45, 2.75) is 26.4 Å². The summed E-state index contributed by atoms with van der Waals surface area (Å²) in [6.45, 7) is 3.69. The molecular formula is C19H18F2N6O3. The van der Waals surface area contributed by atoms with E-state index in [1.54, 1.807) is 31.9 Å². The number of fused-ring (bicyclic) bond motifs is 1. The molecule has 1 aromatic carbocycles. The Bertz CT molecular complexity index is 1110. The first-order chi connectivity index (χ1) is 14.2. The van der Waals surface area contributed by atoms with Crippen LogP contribution in [0.15, 0.2) is 28.9 Å². The van der Waals surface area contributed by atoms with E-state index in [1.807, 2.05) is 0 Å². The Hall–Kier alpha value is -3.76. The molecule has 4 rings (SSSR count). The Morgan fingerprint density at radius 2 is 1.97 bits per heavy atom. The number of phenols is 1. The van der Waals surface area contributed by atoms with Crippen LogP contribution >= 0.6 is 0 Å². The van der Waals surface area contributed by atoms with E-state index in [-0.39, 0.29) is 24.1 Å². The summed E-state index contributed by atoms with van der Waals surface area (Å²) >= 11 is 0. The topological polar surface area (TPSA) is 108 Å². The van der Waals surface area contributed by atoms with Gasteiger partial charge in [-0.25, -0.2) is 13.8 Å². The second-order valence-corrected chi connectivity index (χ2v) is 6.96. The van der Waals surface area contributed by atoms with Crippen LogP contribution in [0, 0.1) is 18.6 Å². The normalized spacial score (nSPS) is 16.0. The predicted molar refractivity (Wildman–Crippen MR) is 104 cm³/mol. The lowest BCUT2D eigenvalue weighted by atomic mass is 10.1. The number of anilines is 4. The number of rotatable bonds is 4. The van der Waals surface area contributed by atoms with Crippen LogP contribution in [0.3, 0.4) is 0 Å². The lowest BCUT2D eigenvalue weighted by molar-refractivity contribution is -0.120. The first-order valence-corrected chi connectivity index (χ1v) is 9.03. The molecule has 0 aliphatic carbocycles. The number of aromatic nitrogens is 3. The molecule has 1 aliphatic rings. The third-order valence-corrected chi connectivity index (χ3v) is 4.84. The molecule has 2 aromatic heterocycles. The average molecular weight is 416 g/mol. The summed E-state index contributed by atoms with van der Waals surface area (Å²) < 4.78 is 32.4. The third-order valence-electron chi connectivity index (χ3n) is 4.84. The quantitative estimate of drug-likeness (QED) is 0.625. The molecule has 0 saturated heterocycles. The maximum absolute atomic E-state index is 13.6. The number of halogens is 2. The van der Waals surface area contributed by atoms with Crippen molar-refractivity contribution in [1.82, 2.24) is 15.1 Å². The van der Waals surface area contributed by atoms with Crippen molar-refractivity contribution in [1.29, 1.82) is 0 Å². The lowest BCUT2D eigenvalue weighted by Crippen LogP contribution is -2.50. The summed E-state index contributed by atoms with van der Waals surface area (Å²) in [5, 5.41) is 15.8. The van der Waals surface area contributed by atoms with Gasteiger partial charge in [0.2, 0.25) is 11.9 Å². The lowest BCUT2D eigenvalue weighted by Gasteiger charge is -2.38. The largest absolute Gasteiger partial charge is 0.503 e. The Morgan fingerprint density at radius 3 is 2.60 bits per heavy atom. The first kappa shape index (κ1) is 19.6. The second-order valence-electron chi connectivity index (χ2n) is 6.96.